The highest BCUT2D eigenvalue weighted by Crippen LogP contribution is 2.27. The van der Waals surface area contributed by atoms with Gasteiger partial charge in [0.25, 0.3) is 5.91 Å². The van der Waals surface area contributed by atoms with Gasteiger partial charge in [0.05, 0.1) is 13.2 Å². The molecule has 2 aliphatic rings. The molecule has 0 unspecified atom stereocenters. The Bertz CT molecular complexity index is 580. The molecule has 4 nitrogen and oxygen atoms in total. The maximum Gasteiger partial charge on any atom is 0.253 e. The van der Waals surface area contributed by atoms with Gasteiger partial charge in [0.15, 0.2) is 0 Å². The molecule has 2 heterocycles. The molecule has 6 heteroatoms. The number of carbonyl (C=O) groups excluding carboxylic acids is 1. The molecule has 0 spiro atoms. The molecule has 2 saturated heterocycles. The van der Waals surface area contributed by atoms with Crippen molar-refractivity contribution in [3.63, 3.8) is 0 Å². The van der Waals surface area contributed by atoms with Crippen molar-refractivity contribution in [2.24, 2.45) is 5.92 Å². The van der Waals surface area contributed by atoms with E-state index in [-0.39, 0.29) is 5.91 Å². The number of halogens is 2. The van der Waals surface area contributed by atoms with Crippen LogP contribution < -0.4 is 0 Å². The molecule has 24 heavy (non-hydrogen) atoms. The van der Waals surface area contributed by atoms with Crippen LogP contribution in [0.3, 0.4) is 0 Å². The van der Waals surface area contributed by atoms with Crippen molar-refractivity contribution in [3.8, 4) is 0 Å². The number of morpholine rings is 1. The van der Waals surface area contributed by atoms with Gasteiger partial charge in [0.1, 0.15) is 0 Å². The lowest BCUT2D eigenvalue weighted by Gasteiger charge is -2.36. The van der Waals surface area contributed by atoms with Crippen molar-refractivity contribution in [1.29, 1.82) is 0 Å². The summed E-state index contributed by atoms with van der Waals surface area (Å²) in [6.45, 7) is 8.13. The number of amides is 1. The SMILES string of the molecule is Cc1c(Cl)cc(C(=O)N2CCC[C@@H](CN3CCOCC3)C2)cc1Cl. The number of rotatable bonds is 3. The zero-order chi connectivity index (χ0) is 17.1. The molecular formula is C18H24Cl2N2O2. The van der Waals surface area contributed by atoms with Crippen LogP contribution in [0.15, 0.2) is 12.1 Å². The Morgan fingerprint density at radius 1 is 1.21 bits per heavy atom. The molecule has 0 bridgehead atoms. The molecule has 132 valence electrons. The number of piperidine rings is 1. The fourth-order valence-corrected chi connectivity index (χ4v) is 3.99. The Labute approximate surface area is 153 Å². The summed E-state index contributed by atoms with van der Waals surface area (Å²) >= 11 is 12.4. The largest absolute Gasteiger partial charge is 0.379 e. The Hall–Kier alpha value is -0.810. The average Bonchev–Trinajstić information content (AvgIpc) is 2.59. The molecule has 1 atom stereocenters. The third kappa shape index (κ3) is 4.23. The Balaban J connectivity index is 1.64. The van der Waals surface area contributed by atoms with E-state index in [0.29, 0.717) is 21.5 Å². The third-order valence-electron chi connectivity index (χ3n) is 4.95. The maximum atomic E-state index is 12.8. The summed E-state index contributed by atoms with van der Waals surface area (Å²) in [6, 6.07) is 3.47. The second kappa shape index (κ2) is 8.05. The summed E-state index contributed by atoms with van der Waals surface area (Å²) in [7, 11) is 0. The normalized spacial score (nSPS) is 22.6. The summed E-state index contributed by atoms with van der Waals surface area (Å²) in [5.41, 5.74) is 1.40. The molecule has 1 aromatic carbocycles. The van der Waals surface area contributed by atoms with Gasteiger partial charge in [-0.05, 0) is 43.4 Å². The number of hydrogen-bond acceptors (Lipinski definition) is 3. The van der Waals surface area contributed by atoms with Crippen molar-refractivity contribution in [3.05, 3.63) is 33.3 Å². The first kappa shape index (κ1) is 18.0. The second-order valence-corrected chi connectivity index (χ2v) is 7.55. The number of carbonyl (C=O) groups is 1. The van der Waals surface area contributed by atoms with Crippen molar-refractivity contribution in [1.82, 2.24) is 9.80 Å². The standard InChI is InChI=1S/C18H24Cl2N2O2/c1-13-16(19)9-15(10-17(13)20)18(23)22-4-2-3-14(12-22)11-21-5-7-24-8-6-21/h9-10,14H,2-8,11-12H2,1H3/t14-/m0/s1. The van der Waals surface area contributed by atoms with Crippen molar-refractivity contribution in [2.75, 3.05) is 45.9 Å². The zero-order valence-electron chi connectivity index (χ0n) is 14.1. The van der Waals surface area contributed by atoms with Gasteiger partial charge in [-0.3, -0.25) is 9.69 Å². The minimum absolute atomic E-state index is 0.0328. The number of hydrogen-bond donors (Lipinski definition) is 0. The highest BCUT2D eigenvalue weighted by Gasteiger charge is 2.27. The van der Waals surface area contributed by atoms with Crippen LogP contribution >= 0.6 is 23.2 Å². The van der Waals surface area contributed by atoms with Crippen LogP contribution in [0.4, 0.5) is 0 Å². The van der Waals surface area contributed by atoms with Crippen LogP contribution in [0, 0.1) is 12.8 Å². The van der Waals surface area contributed by atoms with Gasteiger partial charge in [-0.25, -0.2) is 0 Å². The monoisotopic (exact) mass is 370 g/mol. The zero-order valence-corrected chi connectivity index (χ0v) is 15.6. The van der Waals surface area contributed by atoms with Gasteiger partial charge >= 0.3 is 0 Å². The molecule has 0 aromatic heterocycles. The summed E-state index contributed by atoms with van der Waals surface area (Å²) in [6.07, 6.45) is 2.23. The summed E-state index contributed by atoms with van der Waals surface area (Å²) in [4.78, 5) is 17.2. The smallest absolute Gasteiger partial charge is 0.253 e. The average molecular weight is 371 g/mol. The molecule has 0 aliphatic carbocycles. The van der Waals surface area contributed by atoms with Crippen LogP contribution in [0.25, 0.3) is 0 Å². The van der Waals surface area contributed by atoms with Crippen LogP contribution in [-0.2, 0) is 4.74 Å². The van der Waals surface area contributed by atoms with Gasteiger partial charge < -0.3 is 9.64 Å². The van der Waals surface area contributed by atoms with E-state index >= 15 is 0 Å². The van der Waals surface area contributed by atoms with E-state index in [1.165, 1.54) is 6.42 Å². The first-order valence-corrected chi connectivity index (χ1v) is 9.35. The lowest BCUT2D eigenvalue weighted by molar-refractivity contribution is 0.0224. The minimum atomic E-state index is 0.0328. The third-order valence-corrected chi connectivity index (χ3v) is 5.74. The van der Waals surface area contributed by atoms with Gasteiger partial charge in [-0.1, -0.05) is 23.2 Å². The van der Waals surface area contributed by atoms with Crippen molar-refractivity contribution >= 4 is 29.1 Å². The molecule has 1 aromatic rings. The van der Waals surface area contributed by atoms with Crippen LogP contribution in [0.2, 0.25) is 10.0 Å². The number of ether oxygens (including phenoxy) is 1. The first-order chi connectivity index (χ1) is 11.5. The molecular weight excluding hydrogens is 347 g/mol. The molecule has 1 amide bonds. The van der Waals surface area contributed by atoms with Gasteiger partial charge in [0, 0.05) is 48.3 Å². The summed E-state index contributed by atoms with van der Waals surface area (Å²) in [5.74, 6) is 0.558. The number of likely N-dealkylation sites (tertiary alicyclic amines) is 1. The van der Waals surface area contributed by atoms with E-state index in [1.54, 1.807) is 12.1 Å². The summed E-state index contributed by atoms with van der Waals surface area (Å²) in [5, 5.41) is 1.10. The lowest BCUT2D eigenvalue weighted by Crippen LogP contribution is -2.46. The van der Waals surface area contributed by atoms with Gasteiger partial charge in [-0.15, -0.1) is 0 Å². The minimum Gasteiger partial charge on any atom is -0.379 e. The van der Waals surface area contributed by atoms with E-state index in [1.807, 2.05) is 11.8 Å². The molecule has 2 aliphatic heterocycles. The molecule has 0 saturated carbocycles. The van der Waals surface area contributed by atoms with Crippen LogP contribution in [0.5, 0.6) is 0 Å². The maximum absolute atomic E-state index is 12.8. The lowest BCUT2D eigenvalue weighted by atomic mass is 9.96. The fourth-order valence-electron chi connectivity index (χ4n) is 3.50. The second-order valence-electron chi connectivity index (χ2n) is 6.74. The predicted octanol–water partition coefficient (Wildman–Crippen LogP) is 3.49. The van der Waals surface area contributed by atoms with E-state index in [9.17, 15) is 4.79 Å². The van der Waals surface area contributed by atoms with Crippen LogP contribution in [0.1, 0.15) is 28.8 Å². The fraction of sp³-hybridized carbons (Fsp3) is 0.611. The van der Waals surface area contributed by atoms with E-state index in [4.69, 9.17) is 27.9 Å². The van der Waals surface area contributed by atoms with Gasteiger partial charge in [-0.2, -0.15) is 0 Å². The van der Waals surface area contributed by atoms with Crippen molar-refractivity contribution in [2.45, 2.75) is 19.8 Å². The molecule has 0 N–H and O–H groups in total. The summed E-state index contributed by atoms with van der Waals surface area (Å²) < 4.78 is 5.41. The van der Waals surface area contributed by atoms with E-state index in [2.05, 4.69) is 4.90 Å². The number of benzene rings is 1. The predicted molar refractivity (Wildman–Crippen MR) is 97.1 cm³/mol. The van der Waals surface area contributed by atoms with Crippen LogP contribution in [-0.4, -0.2) is 61.6 Å². The Kier molecular flexibility index (Phi) is 6.03. The molecule has 3 rings (SSSR count). The topological polar surface area (TPSA) is 32.8 Å². The quantitative estimate of drug-likeness (QED) is 0.816. The van der Waals surface area contributed by atoms with E-state index in [0.717, 1.165) is 57.9 Å². The first-order valence-electron chi connectivity index (χ1n) is 8.59. The van der Waals surface area contributed by atoms with Gasteiger partial charge in [0.2, 0.25) is 0 Å². The Morgan fingerprint density at radius 2 is 1.88 bits per heavy atom. The Morgan fingerprint density at radius 3 is 2.54 bits per heavy atom. The van der Waals surface area contributed by atoms with E-state index < -0.39 is 0 Å². The molecule has 2 fully saturated rings. The molecule has 0 radical (unpaired) electrons. The highest BCUT2D eigenvalue weighted by molar-refractivity contribution is 6.36. The number of nitrogens with zero attached hydrogens (tertiary/aromatic N) is 2. The van der Waals surface area contributed by atoms with Crippen molar-refractivity contribution < 1.29 is 9.53 Å². The highest BCUT2D eigenvalue weighted by atomic mass is 35.5.